The first-order valence-electron chi connectivity index (χ1n) is 10.8. The second kappa shape index (κ2) is 11.1. The van der Waals surface area contributed by atoms with Gasteiger partial charge in [-0.05, 0) is 40.5 Å². The molecule has 0 aliphatic carbocycles. The number of amides is 3. The summed E-state index contributed by atoms with van der Waals surface area (Å²) in [6, 6.07) is -1.32. The van der Waals surface area contributed by atoms with Crippen LogP contribution in [-0.2, 0) is 14.3 Å². The highest BCUT2D eigenvalue weighted by atomic mass is 32.2. The largest absolute Gasteiger partial charge is 0.443 e. The Labute approximate surface area is 193 Å². The van der Waals surface area contributed by atoms with Crippen molar-refractivity contribution in [3.05, 3.63) is 0 Å². The molecule has 0 aromatic carbocycles. The van der Waals surface area contributed by atoms with Crippen molar-refractivity contribution < 1.29 is 24.2 Å². The molecule has 2 aliphatic heterocycles. The Balaban J connectivity index is 2.13. The number of aliphatic hydroxyl groups is 1. The minimum atomic E-state index is -1.33. The quantitative estimate of drug-likeness (QED) is 0.416. The lowest BCUT2D eigenvalue weighted by atomic mass is 10.0. The summed E-state index contributed by atoms with van der Waals surface area (Å²) in [5.41, 5.74) is 2.08. The van der Waals surface area contributed by atoms with Gasteiger partial charge < -0.3 is 20.5 Å². The highest BCUT2D eigenvalue weighted by Gasteiger charge is 2.51. The van der Waals surface area contributed by atoms with E-state index in [9.17, 15) is 19.5 Å². The summed E-state index contributed by atoms with van der Waals surface area (Å²) in [5, 5.41) is 17.5. The molecular formula is C20H36N4O5S2. The molecule has 3 amide bonds. The van der Waals surface area contributed by atoms with Gasteiger partial charge in [0.05, 0.1) is 10.1 Å². The molecule has 9 nitrogen and oxygen atoms in total. The first kappa shape index (κ1) is 26.1. The summed E-state index contributed by atoms with van der Waals surface area (Å²) in [7, 11) is 0. The number of hydrazine groups is 1. The highest BCUT2D eigenvalue weighted by molar-refractivity contribution is 8.21. The lowest BCUT2D eigenvalue weighted by molar-refractivity contribution is -0.133. The Bertz CT molecular complexity index is 652. The van der Waals surface area contributed by atoms with Crippen LogP contribution in [0.4, 0.5) is 4.79 Å². The third-order valence-electron chi connectivity index (χ3n) is 4.97. The number of hydrogen-bond donors (Lipinski definition) is 4. The van der Waals surface area contributed by atoms with E-state index in [0.717, 1.165) is 11.5 Å². The van der Waals surface area contributed by atoms with E-state index in [0.29, 0.717) is 32.4 Å². The zero-order valence-corrected chi connectivity index (χ0v) is 20.7. The topological polar surface area (TPSA) is 120 Å². The van der Waals surface area contributed by atoms with E-state index in [2.05, 4.69) is 16.1 Å². The highest BCUT2D eigenvalue weighted by Crippen LogP contribution is 2.51. The van der Waals surface area contributed by atoms with Crippen LogP contribution in [0, 0.1) is 0 Å². The van der Waals surface area contributed by atoms with Crippen LogP contribution >= 0.6 is 23.5 Å². The Morgan fingerprint density at radius 2 is 1.87 bits per heavy atom. The van der Waals surface area contributed by atoms with Gasteiger partial charge in [0.25, 0.3) is 5.91 Å². The predicted molar refractivity (Wildman–Crippen MR) is 124 cm³/mol. The number of thioether (sulfide) groups is 2. The van der Waals surface area contributed by atoms with Gasteiger partial charge in [-0.15, -0.1) is 23.5 Å². The van der Waals surface area contributed by atoms with E-state index in [1.165, 1.54) is 0 Å². The van der Waals surface area contributed by atoms with Crippen molar-refractivity contribution in [3.63, 3.8) is 0 Å². The molecule has 2 fully saturated rings. The van der Waals surface area contributed by atoms with Crippen molar-refractivity contribution in [2.75, 3.05) is 24.6 Å². The number of aliphatic hydroxyl groups excluding tert-OH is 1. The lowest BCUT2D eigenvalue weighted by Crippen LogP contribution is -2.57. The number of likely N-dealkylation sites (N-methyl/N-ethyl adjacent to an activating group) is 1. The average molecular weight is 477 g/mol. The molecular weight excluding hydrogens is 440 g/mol. The van der Waals surface area contributed by atoms with Gasteiger partial charge in [-0.25, -0.2) is 9.80 Å². The van der Waals surface area contributed by atoms with E-state index in [1.54, 1.807) is 56.2 Å². The van der Waals surface area contributed by atoms with Crippen LogP contribution in [0.2, 0.25) is 0 Å². The van der Waals surface area contributed by atoms with Gasteiger partial charge in [-0.3, -0.25) is 15.0 Å². The van der Waals surface area contributed by atoms with Crippen LogP contribution in [0.1, 0.15) is 53.9 Å². The normalized spacial score (nSPS) is 22.7. The van der Waals surface area contributed by atoms with Gasteiger partial charge in [0, 0.05) is 24.6 Å². The van der Waals surface area contributed by atoms with E-state index < -0.39 is 35.8 Å². The first-order chi connectivity index (χ1) is 14.5. The Hall–Kier alpha value is -1.17. The number of nitrogens with one attached hydrogen (secondary N) is 3. The van der Waals surface area contributed by atoms with Crippen molar-refractivity contribution in [2.24, 2.45) is 0 Å². The second-order valence-electron chi connectivity index (χ2n) is 8.81. The summed E-state index contributed by atoms with van der Waals surface area (Å²) in [6.45, 7) is 9.95. The van der Waals surface area contributed by atoms with Gasteiger partial charge in [0.1, 0.15) is 11.6 Å². The van der Waals surface area contributed by atoms with Gasteiger partial charge >= 0.3 is 6.09 Å². The van der Waals surface area contributed by atoms with E-state index in [4.69, 9.17) is 4.74 Å². The third-order valence-corrected chi connectivity index (χ3v) is 8.40. The molecule has 0 saturated carbocycles. The predicted octanol–water partition coefficient (Wildman–Crippen LogP) is 1.46. The summed E-state index contributed by atoms with van der Waals surface area (Å²) >= 11 is 3.60. The number of ether oxygens (including phenoxy) is 1. The molecule has 0 aromatic heterocycles. The van der Waals surface area contributed by atoms with Crippen LogP contribution in [-0.4, -0.2) is 80.5 Å². The van der Waals surface area contributed by atoms with Gasteiger partial charge in [0.15, 0.2) is 6.10 Å². The Morgan fingerprint density at radius 3 is 2.42 bits per heavy atom. The van der Waals surface area contributed by atoms with Crippen LogP contribution < -0.4 is 16.1 Å². The van der Waals surface area contributed by atoms with Gasteiger partial charge in [-0.2, -0.15) is 0 Å². The summed E-state index contributed by atoms with van der Waals surface area (Å²) in [6.07, 6.45) is -0.225. The van der Waals surface area contributed by atoms with Crippen molar-refractivity contribution in [3.8, 4) is 0 Å². The smallest absolute Gasteiger partial charge is 0.422 e. The van der Waals surface area contributed by atoms with Crippen molar-refractivity contribution >= 4 is 41.4 Å². The third kappa shape index (κ3) is 7.44. The Kier molecular flexibility index (Phi) is 9.35. The van der Waals surface area contributed by atoms with Gasteiger partial charge in [0.2, 0.25) is 5.91 Å². The summed E-state index contributed by atoms with van der Waals surface area (Å²) in [5.74, 6) is 1.17. The second-order valence-corrected chi connectivity index (χ2v) is 12.0. The standard InChI is InChI=1S/C20H36N4O5S2/c1-6-8-13(15(25)17(27)21-7-2)22-16(26)14-11-20(30-9-10-31-20)12-24(14)23-18(28)29-19(3,4)5/h13-15,25H,6-12H2,1-5H3,(H,21,27)(H,22,26)(H,23,28)/t13?,14-,15?/m0/s1. The molecule has 1 spiro atoms. The monoisotopic (exact) mass is 476 g/mol. The fraction of sp³-hybridized carbons (Fsp3) is 0.850. The van der Waals surface area contributed by atoms with Crippen LogP contribution in [0.15, 0.2) is 0 Å². The first-order valence-corrected chi connectivity index (χ1v) is 12.8. The van der Waals surface area contributed by atoms with Crippen LogP contribution in [0.5, 0.6) is 0 Å². The van der Waals surface area contributed by atoms with Crippen molar-refractivity contribution in [2.45, 2.75) is 81.7 Å². The maximum absolute atomic E-state index is 13.2. The molecule has 2 unspecified atom stereocenters. The zero-order chi connectivity index (χ0) is 23.2. The minimum absolute atomic E-state index is 0.171. The van der Waals surface area contributed by atoms with Crippen molar-refractivity contribution in [1.82, 2.24) is 21.1 Å². The SMILES string of the molecule is CCCC(NC(=O)[C@@H]1CC2(CN1NC(=O)OC(C)(C)C)SCCS2)C(O)C(=O)NCC. The number of carbonyl (C=O) groups excluding carboxylic acids is 3. The molecule has 0 bridgehead atoms. The summed E-state index contributed by atoms with van der Waals surface area (Å²) < 4.78 is 5.19. The maximum atomic E-state index is 13.2. The van der Waals surface area contributed by atoms with E-state index >= 15 is 0 Å². The molecule has 2 aliphatic rings. The zero-order valence-electron chi connectivity index (χ0n) is 19.0. The number of nitrogens with zero attached hydrogens (tertiary/aromatic N) is 1. The fourth-order valence-corrected chi connectivity index (χ4v) is 6.93. The molecule has 0 radical (unpaired) electrons. The molecule has 2 heterocycles. The van der Waals surface area contributed by atoms with Crippen molar-refractivity contribution in [1.29, 1.82) is 0 Å². The lowest BCUT2D eigenvalue weighted by Gasteiger charge is -2.29. The number of rotatable bonds is 8. The molecule has 2 rings (SSSR count). The Morgan fingerprint density at radius 1 is 1.23 bits per heavy atom. The number of carbonyl (C=O) groups is 3. The van der Waals surface area contributed by atoms with Gasteiger partial charge in [-0.1, -0.05) is 13.3 Å². The van der Waals surface area contributed by atoms with Crippen LogP contribution in [0.25, 0.3) is 0 Å². The molecule has 4 N–H and O–H groups in total. The average Bonchev–Trinajstić information content (AvgIpc) is 3.26. The summed E-state index contributed by atoms with van der Waals surface area (Å²) in [4.78, 5) is 37.7. The molecule has 0 aromatic rings. The molecule has 3 atom stereocenters. The molecule has 31 heavy (non-hydrogen) atoms. The molecule has 11 heteroatoms. The van der Waals surface area contributed by atoms with Crippen LogP contribution in [0.3, 0.4) is 0 Å². The molecule has 2 saturated heterocycles. The number of hydrogen-bond acceptors (Lipinski definition) is 8. The maximum Gasteiger partial charge on any atom is 0.422 e. The fourth-order valence-electron chi connectivity index (χ4n) is 3.68. The van der Waals surface area contributed by atoms with E-state index in [1.807, 2.05) is 6.92 Å². The molecule has 178 valence electrons. The minimum Gasteiger partial charge on any atom is -0.443 e. The van der Waals surface area contributed by atoms with E-state index in [-0.39, 0.29) is 9.99 Å².